The van der Waals surface area contributed by atoms with Crippen LogP contribution in [0.2, 0.25) is 0 Å². The highest BCUT2D eigenvalue weighted by molar-refractivity contribution is 6.02. The van der Waals surface area contributed by atoms with Crippen LogP contribution < -0.4 is 5.43 Å². The maximum atomic E-state index is 4.86. The molecule has 0 spiro atoms. The molecule has 0 radical (unpaired) electrons. The molecule has 1 aliphatic carbocycles. The smallest absolute Gasteiger partial charge is 0.0720 e. The highest BCUT2D eigenvalue weighted by Gasteiger charge is 2.15. The summed E-state index contributed by atoms with van der Waals surface area (Å²) in [5, 5.41) is 4.86. The van der Waals surface area contributed by atoms with Gasteiger partial charge in [0.05, 0.1) is 11.4 Å². The summed E-state index contributed by atoms with van der Waals surface area (Å²) < 4.78 is 0. The molecule has 0 fully saturated rings. The van der Waals surface area contributed by atoms with Crippen LogP contribution >= 0.6 is 0 Å². The van der Waals surface area contributed by atoms with E-state index in [1.54, 1.807) is 0 Å². The molecular formula is C24H29N3. The Morgan fingerprint density at radius 2 is 1.70 bits per heavy atom. The monoisotopic (exact) mass is 359 g/mol. The van der Waals surface area contributed by atoms with E-state index in [0.717, 1.165) is 29.8 Å². The molecule has 0 amide bonds. The fourth-order valence-electron chi connectivity index (χ4n) is 3.68. The van der Waals surface area contributed by atoms with Crippen molar-refractivity contribution >= 4 is 11.4 Å². The molecule has 0 aliphatic heterocycles. The van der Waals surface area contributed by atoms with Gasteiger partial charge in [0.2, 0.25) is 0 Å². The maximum absolute atomic E-state index is 4.86. The number of allylic oxidation sites excluding steroid dienone is 3. The summed E-state index contributed by atoms with van der Waals surface area (Å²) >= 11 is 0. The first-order chi connectivity index (χ1) is 13.0. The van der Waals surface area contributed by atoms with Crippen LogP contribution in [0.3, 0.4) is 0 Å². The third-order valence-corrected chi connectivity index (χ3v) is 4.95. The second kappa shape index (κ2) is 8.26. The molecule has 3 rings (SSSR count). The van der Waals surface area contributed by atoms with Gasteiger partial charge >= 0.3 is 0 Å². The Hall–Kier alpha value is -2.81. The Balaban J connectivity index is 1.94. The van der Waals surface area contributed by atoms with E-state index in [1.165, 1.54) is 28.0 Å². The number of hydrazone groups is 1. The van der Waals surface area contributed by atoms with Crippen LogP contribution in [-0.2, 0) is 0 Å². The van der Waals surface area contributed by atoms with E-state index in [4.69, 9.17) is 5.10 Å². The summed E-state index contributed by atoms with van der Waals surface area (Å²) in [5.41, 5.74) is 13.1. The van der Waals surface area contributed by atoms with Crippen LogP contribution in [0, 0.1) is 20.8 Å². The summed E-state index contributed by atoms with van der Waals surface area (Å²) in [6.07, 6.45) is 6.26. The average molecular weight is 360 g/mol. The zero-order chi connectivity index (χ0) is 19.4. The van der Waals surface area contributed by atoms with Gasteiger partial charge < -0.3 is 4.90 Å². The standard InChI is InChI=1S/C24H29N3/c1-17-14-18(2)24(19(3)15-17)26-25-22(20-10-7-6-8-11-20)16-21-12-9-13-23(21)27(4)5/h6-11,13-15,26H,12,16H2,1-5H3. The molecule has 27 heavy (non-hydrogen) atoms. The molecule has 3 nitrogen and oxygen atoms in total. The highest BCUT2D eigenvalue weighted by atomic mass is 15.3. The lowest BCUT2D eigenvalue weighted by molar-refractivity contribution is 0.524. The van der Waals surface area contributed by atoms with E-state index in [0.29, 0.717) is 0 Å². The molecular weight excluding hydrogens is 330 g/mol. The van der Waals surface area contributed by atoms with Crippen molar-refractivity contribution in [3.05, 3.63) is 88.1 Å². The predicted octanol–water partition coefficient (Wildman–Crippen LogP) is 5.59. The molecule has 2 aromatic rings. The van der Waals surface area contributed by atoms with E-state index >= 15 is 0 Å². The van der Waals surface area contributed by atoms with Crippen LogP contribution in [0.5, 0.6) is 0 Å². The molecule has 0 bridgehead atoms. The third-order valence-electron chi connectivity index (χ3n) is 4.95. The molecule has 1 N–H and O–H groups in total. The van der Waals surface area contributed by atoms with Crippen molar-refractivity contribution in [3.63, 3.8) is 0 Å². The van der Waals surface area contributed by atoms with Gasteiger partial charge in [0, 0.05) is 26.2 Å². The van der Waals surface area contributed by atoms with E-state index in [2.05, 4.69) is 93.7 Å². The average Bonchev–Trinajstić information content (AvgIpc) is 3.09. The van der Waals surface area contributed by atoms with Crippen molar-refractivity contribution < 1.29 is 0 Å². The van der Waals surface area contributed by atoms with Crippen molar-refractivity contribution in [1.82, 2.24) is 4.90 Å². The molecule has 2 aromatic carbocycles. The van der Waals surface area contributed by atoms with Gasteiger partial charge in [0.1, 0.15) is 0 Å². The van der Waals surface area contributed by atoms with Gasteiger partial charge in [0.15, 0.2) is 0 Å². The highest BCUT2D eigenvalue weighted by Crippen LogP contribution is 2.26. The van der Waals surface area contributed by atoms with Crippen molar-refractivity contribution in [2.75, 3.05) is 19.5 Å². The molecule has 0 saturated carbocycles. The Kier molecular flexibility index (Phi) is 5.80. The minimum atomic E-state index is 0.835. The number of anilines is 1. The first kappa shape index (κ1) is 19.0. The number of benzene rings is 2. The lowest BCUT2D eigenvalue weighted by Gasteiger charge is -2.17. The summed E-state index contributed by atoms with van der Waals surface area (Å²) in [5.74, 6) is 0. The van der Waals surface area contributed by atoms with Gasteiger partial charge in [-0.25, -0.2) is 0 Å². The topological polar surface area (TPSA) is 27.6 Å². The fourth-order valence-corrected chi connectivity index (χ4v) is 3.68. The van der Waals surface area contributed by atoms with Crippen LogP contribution in [0.4, 0.5) is 5.69 Å². The molecule has 0 saturated heterocycles. The maximum Gasteiger partial charge on any atom is 0.0720 e. The SMILES string of the molecule is Cc1cc(C)c(NN=C(CC2=C(N(C)C)C=CC2)c2ccccc2)c(C)c1. The van der Waals surface area contributed by atoms with Crippen LogP contribution in [0.25, 0.3) is 0 Å². The Labute approximate surface area is 163 Å². The van der Waals surface area contributed by atoms with Gasteiger partial charge in [-0.05, 0) is 55.5 Å². The van der Waals surface area contributed by atoms with Crippen LogP contribution in [-0.4, -0.2) is 24.7 Å². The molecule has 1 aliphatic rings. The molecule has 140 valence electrons. The summed E-state index contributed by atoms with van der Waals surface area (Å²) in [6.45, 7) is 6.39. The lowest BCUT2D eigenvalue weighted by Crippen LogP contribution is -2.13. The largest absolute Gasteiger partial charge is 0.378 e. The summed E-state index contributed by atoms with van der Waals surface area (Å²) in [4.78, 5) is 2.18. The molecule has 0 heterocycles. The second-order valence-corrected chi connectivity index (χ2v) is 7.48. The van der Waals surface area contributed by atoms with Crippen molar-refractivity contribution in [1.29, 1.82) is 0 Å². The molecule has 0 aromatic heterocycles. The van der Waals surface area contributed by atoms with Gasteiger partial charge in [-0.3, -0.25) is 5.43 Å². The number of rotatable bonds is 6. The predicted molar refractivity (Wildman–Crippen MR) is 116 cm³/mol. The number of aryl methyl sites for hydroxylation is 3. The Morgan fingerprint density at radius 1 is 1.04 bits per heavy atom. The van der Waals surface area contributed by atoms with Gasteiger partial charge in [-0.2, -0.15) is 5.10 Å². The second-order valence-electron chi connectivity index (χ2n) is 7.48. The first-order valence-corrected chi connectivity index (χ1v) is 9.47. The fraction of sp³-hybridized carbons (Fsp3) is 0.292. The number of hydrogen-bond acceptors (Lipinski definition) is 3. The van der Waals surface area contributed by atoms with Gasteiger partial charge in [-0.1, -0.05) is 54.1 Å². The third kappa shape index (κ3) is 4.48. The number of nitrogens with zero attached hydrogens (tertiary/aromatic N) is 2. The number of likely N-dealkylation sites (N-methyl/N-ethyl adjacent to an activating group) is 1. The summed E-state index contributed by atoms with van der Waals surface area (Å²) in [7, 11) is 4.20. The Bertz CT molecular complexity index is 879. The van der Waals surface area contributed by atoms with Gasteiger partial charge in [0.25, 0.3) is 0 Å². The number of hydrogen-bond donors (Lipinski definition) is 1. The zero-order valence-corrected chi connectivity index (χ0v) is 17.0. The minimum Gasteiger partial charge on any atom is -0.378 e. The molecule has 0 atom stereocenters. The lowest BCUT2D eigenvalue weighted by atomic mass is 10.0. The minimum absolute atomic E-state index is 0.835. The van der Waals surface area contributed by atoms with E-state index in [1.807, 2.05) is 6.07 Å². The van der Waals surface area contributed by atoms with Crippen molar-refractivity contribution in [2.45, 2.75) is 33.6 Å². The molecule has 3 heteroatoms. The van der Waals surface area contributed by atoms with Crippen molar-refractivity contribution in [2.24, 2.45) is 5.10 Å². The number of nitrogens with one attached hydrogen (secondary N) is 1. The van der Waals surface area contributed by atoms with E-state index in [-0.39, 0.29) is 0 Å². The van der Waals surface area contributed by atoms with E-state index in [9.17, 15) is 0 Å². The normalized spacial score (nSPS) is 14.0. The zero-order valence-electron chi connectivity index (χ0n) is 17.0. The Morgan fingerprint density at radius 3 is 2.33 bits per heavy atom. The summed E-state index contributed by atoms with van der Waals surface area (Å²) in [6, 6.07) is 14.8. The first-order valence-electron chi connectivity index (χ1n) is 9.47. The van der Waals surface area contributed by atoms with Crippen LogP contribution in [0.1, 0.15) is 35.1 Å². The quantitative estimate of drug-likeness (QED) is 0.537. The van der Waals surface area contributed by atoms with Crippen molar-refractivity contribution in [3.8, 4) is 0 Å². The van der Waals surface area contributed by atoms with Gasteiger partial charge in [-0.15, -0.1) is 0 Å². The van der Waals surface area contributed by atoms with Crippen LogP contribution in [0.15, 0.2) is 71.0 Å². The van der Waals surface area contributed by atoms with E-state index < -0.39 is 0 Å². The molecule has 0 unspecified atom stereocenters.